The third-order valence-corrected chi connectivity index (χ3v) is 3.43. The van der Waals surface area contributed by atoms with E-state index in [1.165, 1.54) is 6.07 Å². The van der Waals surface area contributed by atoms with Crippen molar-refractivity contribution >= 4 is 16.0 Å². The summed E-state index contributed by atoms with van der Waals surface area (Å²) in [5.41, 5.74) is 2.29. The molecular formula is C9H12N2O5S. The monoisotopic (exact) mass is 260 g/mol. The molecule has 7 nitrogen and oxygen atoms in total. The highest BCUT2D eigenvalue weighted by Crippen LogP contribution is 2.21. The third-order valence-electron chi connectivity index (χ3n) is 2.06. The molecule has 0 aromatic carbocycles. The normalized spacial score (nSPS) is 18.8. The molecule has 0 saturated carbocycles. The fourth-order valence-electron chi connectivity index (χ4n) is 1.39. The van der Waals surface area contributed by atoms with Crippen LogP contribution < -0.4 is 5.48 Å². The van der Waals surface area contributed by atoms with Crippen molar-refractivity contribution in [2.75, 3.05) is 13.2 Å². The summed E-state index contributed by atoms with van der Waals surface area (Å²) in [6.45, 7) is 3.82. The molecule has 0 spiro atoms. The van der Waals surface area contributed by atoms with Crippen molar-refractivity contribution < 1.29 is 22.4 Å². The highest BCUT2D eigenvalue weighted by molar-refractivity contribution is 7.90. The number of hydrogen-bond acceptors (Lipinski definition) is 5. The Bertz CT molecular complexity index is 538. The van der Waals surface area contributed by atoms with Crippen molar-refractivity contribution in [2.24, 2.45) is 4.40 Å². The Balaban J connectivity index is 2.33. The predicted molar refractivity (Wildman–Crippen MR) is 57.8 cm³/mol. The van der Waals surface area contributed by atoms with E-state index >= 15 is 0 Å². The second kappa shape index (κ2) is 4.38. The molecule has 1 saturated heterocycles. The molecule has 0 aliphatic carbocycles. The molecule has 1 aliphatic heterocycles. The molecule has 0 amide bonds. The molecule has 0 atom stereocenters. The molecule has 8 heteroatoms. The van der Waals surface area contributed by atoms with Gasteiger partial charge < -0.3 is 9.15 Å². The van der Waals surface area contributed by atoms with Gasteiger partial charge in [0.05, 0.1) is 0 Å². The minimum atomic E-state index is -3.84. The van der Waals surface area contributed by atoms with Crippen LogP contribution in [-0.2, 0) is 19.6 Å². The van der Waals surface area contributed by atoms with Crippen LogP contribution in [0.3, 0.4) is 0 Å². The highest BCUT2D eigenvalue weighted by Gasteiger charge is 2.22. The van der Waals surface area contributed by atoms with Gasteiger partial charge >= 0.3 is 6.02 Å². The summed E-state index contributed by atoms with van der Waals surface area (Å²) in [5.74, 6) is 0.804. The van der Waals surface area contributed by atoms with Crippen LogP contribution in [0, 0.1) is 13.8 Å². The van der Waals surface area contributed by atoms with Crippen LogP contribution in [0.4, 0.5) is 0 Å². The van der Waals surface area contributed by atoms with Gasteiger partial charge in [0.25, 0.3) is 10.0 Å². The zero-order valence-electron chi connectivity index (χ0n) is 9.39. The maximum absolute atomic E-state index is 11.9. The number of nitrogens with zero attached hydrogens (tertiary/aromatic N) is 1. The summed E-state index contributed by atoms with van der Waals surface area (Å²) in [6.07, 6.45) is 0. The highest BCUT2D eigenvalue weighted by atomic mass is 32.2. The summed E-state index contributed by atoms with van der Waals surface area (Å²) in [5, 5.41) is 0. The molecule has 2 rings (SSSR count). The van der Waals surface area contributed by atoms with Gasteiger partial charge in [-0.25, -0.2) is 5.48 Å². The quantitative estimate of drug-likeness (QED) is 0.832. The lowest BCUT2D eigenvalue weighted by Crippen LogP contribution is -2.35. The number of hydroxylamine groups is 1. The standard InChI is InChI=1S/C9H12N2O5S/c1-6-5-8(7(2)16-6)17(12,13)11-9-10-15-4-3-14-9/h5H,3-4H2,1-2H3,(H,10,11). The Morgan fingerprint density at radius 2 is 2.12 bits per heavy atom. The topological polar surface area (TPSA) is 90.1 Å². The molecule has 17 heavy (non-hydrogen) atoms. The number of ether oxygens (including phenoxy) is 1. The number of rotatable bonds is 2. The summed E-state index contributed by atoms with van der Waals surface area (Å²) in [6, 6.07) is 1.24. The molecule has 1 fully saturated rings. The number of sulfonamides is 1. The Kier molecular flexibility index (Phi) is 3.07. The molecule has 0 radical (unpaired) electrons. The molecule has 1 aliphatic rings. The summed E-state index contributed by atoms with van der Waals surface area (Å²) < 4.78 is 37.4. The average molecular weight is 260 g/mol. The zero-order chi connectivity index (χ0) is 12.5. The van der Waals surface area contributed by atoms with E-state index in [1.807, 2.05) is 0 Å². The van der Waals surface area contributed by atoms with Gasteiger partial charge in [-0.05, 0) is 13.8 Å². The Morgan fingerprint density at radius 3 is 2.65 bits per heavy atom. The molecule has 94 valence electrons. The maximum atomic E-state index is 11.9. The van der Waals surface area contributed by atoms with Gasteiger partial charge in [-0.2, -0.15) is 8.42 Å². The van der Waals surface area contributed by atoms with Gasteiger partial charge in [-0.1, -0.05) is 0 Å². The van der Waals surface area contributed by atoms with Gasteiger partial charge in [-0.15, -0.1) is 4.40 Å². The third kappa shape index (κ3) is 2.59. The molecule has 0 unspecified atom stereocenters. The van der Waals surface area contributed by atoms with E-state index in [2.05, 4.69) is 9.88 Å². The fourth-order valence-corrected chi connectivity index (χ4v) is 2.52. The number of nitrogens with one attached hydrogen (secondary N) is 1. The van der Waals surface area contributed by atoms with Gasteiger partial charge in [-0.3, -0.25) is 4.84 Å². The van der Waals surface area contributed by atoms with Gasteiger partial charge in [0.2, 0.25) is 0 Å². The molecule has 1 N–H and O–H groups in total. The van der Waals surface area contributed by atoms with E-state index in [0.29, 0.717) is 18.1 Å². The van der Waals surface area contributed by atoms with Crippen molar-refractivity contribution in [3.63, 3.8) is 0 Å². The molecule has 1 aromatic rings. The van der Waals surface area contributed by atoms with Crippen molar-refractivity contribution in [1.29, 1.82) is 0 Å². The van der Waals surface area contributed by atoms with Crippen LogP contribution in [0.2, 0.25) is 0 Å². The van der Waals surface area contributed by atoms with Crippen LogP contribution in [-0.4, -0.2) is 27.7 Å². The smallest absolute Gasteiger partial charge is 0.325 e. The summed E-state index contributed by atoms with van der Waals surface area (Å²) in [4.78, 5) is 4.83. The zero-order valence-corrected chi connectivity index (χ0v) is 10.2. The molecule has 2 heterocycles. The first kappa shape index (κ1) is 11.9. The van der Waals surface area contributed by atoms with E-state index < -0.39 is 10.0 Å². The lowest BCUT2D eigenvalue weighted by molar-refractivity contribution is 0.00253. The van der Waals surface area contributed by atoms with Gasteiger partial charge in [0, 0.05) is 6.07 Å². The van der Waals surface area contributed by atoms with E-state index in [9.17, 15) is 8.42 Å². The van der Waals surface area contributed by atoms with Crippen molar-refractivity contribution in [1.82, 2.24) is 5.48 Å². The van der Waals surface area contributed by atoms with Crippen LogP contribution in [0.1, 0.15) is 11.5 Å². The van der Waals surface area contributed by atoms with Crippen LogP contribution in [0.15, 0.2) is 19.8 Å². The lowest BCUT2D eigenvalue weighted by atomic mass is 10.4. The van der Waals surface area contributed by atoms with E-state index in [1.54, 1.807) is 13.8 Å². The van der Waals surface area contributed by atoms with E-state index in [4.69, 9.17) is 14.0 Å². The van der Waals surface area contributed by atoms with Crippen molar-refractivity contribution in [3.8, 4) is 0 Å². The Hall–Kier alpha value is -1.54. The number of aryl methyl sites for hydroxylation is 2. The van der Waals surface area contributed by atoms with Crippen LogP contribution in [0.5, 0.6) is 0 Å². The van der Waals surface area contributed by atoms with Gasteiger partial charge in [0.15, 0.2) is 0 Å². The fraction of sp³-hybridized carbons (Fsp3) is 0.444. The largest absolute Gasteiger partial charge is 0.465 e. The van der Waals surface area contributed by atoms with Crippen molar-refractivity contribution in [2.45, 2.75) is 18.7 Å². The number of hydrogen-bond donors (Lipinski definition) is 1. The number of amidine groups is 1. The Labute approximate surface area is 98.4 Å². The second-order valence-electron chi connectivity index (χ2n) is 3.45. The van der Waals surface area contributed by atoms with Gasteiger partial charge in [0.1, 0.15) is 29.6 Å². The Morgan fingerprint density at radius 1 is 1.35 bits per heavy atom. The first-order chi connectivity index (χ1) is 7.99. The molecule has 0 bridgehead atoms. The maximum Gasteiger partial charge on any atom is 0.325 e. The lowest BCUT2D eigenvalue weighted by Gasteiger charge is -2.15. The van der Waals surface area contributed by atoms with Crippen LogP contribution in [0.25, 0.3) is 0 Å². The SMILES string of the molecule is Cc1cc(S(=O)(=O)N=C2NOCCO2)c(C)o1. The first-order valence-corrected chi connectivity index (χ1v) is 6.35. The minimum Gasteiger partial charge on any atom is -0.465 e. The average Bonchev–Trinajstić information content (AvgIpc) is 2.59. The van der Waals surface area contributed by atoms with E-state index in [-0.39, 0.29) is 17.5 Å². The van der Waals surface area contributed by atoms with Crippen molar-refractivity contribution in [3.05, 3.63) is 17.6 Å². The minimum absolute atomic E-state index is 0.0264. The summed E-state index contributed by atoms with van der Waals surface area (Å²) in [7, 11) is -3.84. The van der Waals surface area contributed by atoms with Crippen LogP contribution >= 0.6 is 0 Å². The second-order valence-corrected chi connectivity index (χ2v) is 5.02. The van der Waals surface area contributed by atoms with E-state index in [0.717, 1.165) is 0 Å². The number of furan rings is 1. The molecule has 1 aromatic heterocycles. The summed E-state index contributed by atoms with van der Waals surface area (Å²) >= 11 is 0. The predicted octanol–water partition coefficient (Wildman–Crippen LogP) is 0.493. The first-order valence-electron chi connectivity index (χ1n) is 4.91. The molecular weight excluding hydrogens is 248 g/mol.